The van der Waals surface area contributed by atoms with E-state index in [0.717, 1.165) is 96.4 Å². The number of furan rings is 1. The van der Waals surface area contributed by atoms with Crippen LogP contribution in [0, 0.1) is 24.7 Å². The predicted octanol–water partition coefficient (Wildman–Crippen LogP) is 7.73. The van der Waals surface area contributed by atoms with E-state index in [1.807, 2.05) is 25.1 Å². The standard InChI is InChI=1S/C27H31N3O3.C7H14/c1-18-3-5-22(31)14-21(18)15-23-6-8-26(33-23)27-28-24-7-4-20(13-25(24)29-27)17-30(2)16-19-9-11-32-12-10-19;1-6(2)5-7-3-4-7/h3-8,13-14,19,31H,9-12,15-17H2,1-2H3,(H,28,29);6-7H,3-5H2,1-2H3. The van der Waals surface area contributed by atoms with Crippen molar-refractivity contribution in [2.24, 2.45) is 17.8 Å². The lowest BCUT2D eigenvalue weighted by Gasteiger charge is -2.27. The second-order valence-corrected chi connectivity index (χ2v) is 12.3. The fourth-order valence-electron chi connectivity index (χ4n) is 5.67. The van der Waals surface area contributed by atoms with Gasteiger partial charge >= 0.3 is 0 Å². The van der Waals surface area contributed by atoms with Crippen molar-refractivity contribution in [2.75, 3.05) is 26.8 Å². The molecule has 1 aliphatic carbocycles. The number of nitrogens with zero attached hydrogens (tertiary/aromatic N) is 2. The fraction of sp³-hybridized carbons (Fsp3) is 0.500. The topological polar surface area (TPSA) is 74.5 Å². The number of nitrogens with one attached hydrogen (secondary N) is 1. The lowest BCUT2D eigenvalue weighted by atomic mass is 10.00. The molecule has 2 aromatic heterocycles. The van der Waals surface area contributed by atoms with E-state index in [0.29, 0.717) is 6.42 Å². The summed E-state index contributed by atoms with van der Waals surface area (Å²) in [6, 6.07) is 15.8. The van der Waals surface area contributed by atoms with E-state index >= 15 is 0 Å². The monoisotopic (exact) mass is 543 g/mol. The number of hydrogen-bond donors (Lipinski definition) is 2. The van der Waals surface area contributed by atoms with Crippen LogP contribution >= 0.6 is 0 Å². The third kappa shape index (κ3) is 7.98. The maximum atomic E-state index is 9.78. The van der Waals surface area contributed by atoms with Crippen LogP contribution in [0.2, 0.25) is 0 Å². The van der Waals surface area contributed by atoms with Gasteiger partial charge in [0.15, 0.2) is 11.6 Å². The van der Waals surface area contributed by atoms with E-state index in [4.69, 9.17) is 14.1 Å². The minimum atomic E-state index is 0.272. The molecule has 6 heteroatoms. The minimum Gasteiger partial charge on any atom is -0.508 e. The number of benzene rings is 2. The number of aromatic amines is 1. The van der Waals surface area contributed by atoms with E-state index in [9.17, 15) is 5.11 Å². The molecule has 40 heavy (non-hydrogen) atoms. The number of H-pyrrole nitrogens is 1. The molecule has 0 radical (unpaired) electrons. The van der Waals surface area contributed by atoms with Crippen LogP contribution in [0.15, 0.2) is 52.9 Å². The zero-order valence-corrected chi connectivity index (χ0v) is 24.6. The van der Waals surface area contributed by atoms with Gasteiger partial charge in [0.25, 0.3) is 0 Å². The second-order valence-electron chi connectivity index (χ2n) is 12.3. The number of fused-ring (bicyclic) bond motifs is 1. The molecule has 4 aromatic rings. The van der Waals surface area contributed by atoms with Gasteiger partial charge in [0.05, 0.1) is 11.0 Å². The summed E-state index contributed by atoms with van der Waals surface area (Å²) in [5.41, 5.74) is 5.40. The Hall–Kier alpha value is -3.09. The van der Waals surface area contributed by atoms with Crippen molar-refractivity contribution in [1.29, 1.82) is 0 Å². The highest BCUT2D eigenvalue weighted by molar-refractivity contribution is 5.79. The van der Waals surface area contributed by atoms with Gasteiger partial charge in [0.1, 0.15) is 11.5 Å². The first-order valence-corrected chi connectivity index (χ1v) is 14.9. The molecule has 2 aromatic carbocycles. The van der Waals surface area contributed by atoms with Crippen molar-refractivity contribution in [1.82, 2.24) is 14.9 Å². The number of hydrogen-bond acceptors (Lipinski definition) is 5. The van der Waals surface area contributed by atoms with Gasteiger partial charge in [0, 0.05) is 32.7 Å². The molecular formula is C34H45N3O3. The maximum Gasteiger partial charge on any atom is 0.174 e. The average molecular weight is 544 g/mol. The van der Waals surface area contributed by atoms with Crippen LogP contribution in [0.5, 0.6) is 5.75 Å². The van der Waals surface area contributed by atoms with Gasteiger partial charge in [-0.3, -0.25) is 0 Å². The number of aryl methyl sites for hydroxylation is 1. The third-order valence-corrected chi connectivity index (χ3v) is 8.00. The van der Waals surface area contributed by atoms with E-state index in [2.05, 4.69) is 49.0 Å². The molecule has 1 aliphatic heterocycles. The number of phenols is 1. The van der Waals surface area contributed by atoms with Gasteiger partial charge in [-0.15, -0.1) is 0 Å². The van der Waals surface area contributed by atoms with Crippen molar-refractivity contribution in [2.45, 2.75) is 65.8 Å². The van der Waals surface area contributed by atoms with Gasteiger partial charge < -0.3 is 24.1 Å². The number of phenolic OH excluding ortho intramolecular Hbond substituents is 1. The highest BCUT2D eigenvalue weighted by atomic mass is 16.5. The fourth-order valence-corrected chi connectivity index (χ4v) is 5.67. The maximum absolute atomic E-state index is 9.78. The Morgan fingerprint density at radius 2 is 1.80 bits per heavy atom. The predicted molar refractivity (Wildman–Crippen MR) is 162 cm³/mol. The van der Waals surface area contributed by atoms with E-state index in [1.165, 1.54) is 24.8 Å². The Morgan fingerprint density at radius 3 is 2.52 bits per heavy atom. The summed E-state index contributed by atoms with van der Waals surface area (Å²) in [5.74, 6) is 5.35. The summed E-state index contributed by atoms with van der Waals surface area (Å²) in [5, 5.41) is 9.78. The summed E-state index contributed by atoms with van der Waals surface area (Å²) in [7, 11) is 2.19. The van der Waals surface area contributed by atoms with Crippen LogP contribution < -0.4 is 0 Å². The van der Waals surface area contributed by atoms with E-state index in [-0.39, 0.29) is 5.75 Å². The second kappa shape index (κ2) is 13.0. The molecule has 0 bridgehead atoms. The zero-order valence-electron chi connectivity index (χ0n) is 24.6. The Kier molecular flexibility index (Phi) is 9.28. The number of imidazole rings is 1. The van der Waals surface area contributed by atoms with Crippen molar-refractivity contribution < 1.29 is 14.3 Å². The minimum absolute atomic E-state index is 0.272. The molecule has 214 valence electrons. The zero-order chi connectivity index (χ0) is 28.1. The summed E-state index contributed by atoms with van der Waals surface area (Å²) in [6.07, 6.45) is 7.44. The Labute approximate surface area is 238 Å². The van der Waals surface area contributed by atoms with Crippen molar-refractivity contribution >= 4 is 11.0 Å². The molecule has 6 rings (SSSR count). The smallest absolute Gasteiger partial charge is 0.174 e. The molecule has 2 N–H and O–H groups in total. The quantitative estimate of drug-likeness (QED) is 0.226. The normalized spacial score (nSPS) is 16.1. The van der Waals surface area contributed by atoms with Crippen molar-refractivity contribution in [3.05, 3.63) is 71.0 Å². The van der Waals surface area contributed by atoms with Crippen LogP contribution in [0.25, 0.3) is 22.6 Å². The molecule has 6 nitrogen and oxygen atoms in total. The van der Waals surface area contributed by atoms with Crippen molar-refractivity contribution in [3.63, 3.8) is 0 Å². The summed E-state index contributed by atoms with van der Waals surface area (Å²) in [6.45, 7) is 10.4. The molecule has 1 saturated heterocycles. The van der Waals surface area contributed by atoms with Gasteiger partial charge in [-0.1, -0.05) is 38.8 Å². The lowest BCUT2D eigenvalue weighted by Crippen LogP contribution is -2.29. The molecule has 0 spiro atoms. The largest absolute Gasteiger partial charge is 0.508 e. The van der Waals surface area contributed by atoms with Crippen LogP contribution in [-0.2, 0) is 17.7 Å². The van der Waals surface area contributed by atoms with Crippen LogP contribution in [-0.4, -0.2) is 46.8 Å². The molecule has 0 atom stereocenters. The van der Waals surface area contributed by atoms with E-state index < -0.39 is 0 Å². The molecule has 3 heterocycles. The van der Waals surface area contributed by atoms with Crippen LogP contribution in [0.1, 0.15) is 68.4 Å². The number of aromatic hydroxyl groups is 1. The summed E-state index contributed by atoms with van der Waals surface area (Å²) >= 11 is 0. The first-order chi connectivity index (χ1) is 19.3. The average Bonchev–Trinajstić information content (AvgIpc) is 3.42. The third-order valence-electron chi connectivity index (χ3n) is 8.00. The number of ether oxygens (including phenoxy) is 1. The van der Waals surface area contributed by atoms with Gasteiger partial charge in [-0.25, -0.2) is 4.98 Å². The summed E-state index contributed by atoms with van der Waals surface area (Å²) in [4.78, 5) is 10.6. The van der Waals surface area contributed by atoms with Crippen LogP contribution in [0.4, 0.5) is 0 Å². The SMILES string of the molecule is CC(C)CC1CC1.Cc1ccc(O)cc1Cc1ccc(-c2nc3ccc(CN(C)CC4CCOCC4)cc3[nH]2)o1. The number of rotatable bonds is 9. The highest BCUT2D eigenvalue weighted by Crippen LogP contribution is 2.34. The van der Waals surface area contributed by atoms with Gasteiger partial charge in [0.2, 0.25) is 0 Å². The lowest BCUT2D eigenvalue weighted by molar-refractivity contribution is 0.0549. The number of aromatic nitrogens is 2. The van der Waals surface area contributed by atoms with Crippen LogP contribution in [0.3, 0.4) is 0 Å². The summed E-state index contributed by atoms with van der Waals surface area (Å²) < 4.78 is 11.6. The molecular weight excluding hydrogens is 498 g/mol. The highest BCUT2D eigenvalue weighted by Gasteiger charge is 2.21. The Morgan fingerprint density at radius 1 is 1.00 bits per heavy atom. The van der Waals surface area contributed by atoms with Gasteiger partial charge in [-0.2, -0.15) is 0 Å². The van der Waals surface area contributed by atoms with Gasteiger partial charge in [-0.05, 0) is 104 Å². The molecule has 0 amide bonds. The Bertz CT molecular complexity index is 1380. The first kappa shape index (κ1) is 28.4. The molecule has 2 aliphatic rings. The molecule has 0 unspecified atom stereocenters. The first-order valence-electron chi connectivity index (χ1n) is 14.9. The molecule has 2 fully saturated rings. The van der Waals surface area contributed by atoms with Crippen molar-refractivity contribution in [3.8, 4) is 17.3 Å². The molecule has 1 saturated carbocycles. The van der Waals surface area contributed by atoms with E-state index in [1.54, 1.807) is 12.1 Å². The Balaban J connectivity index is 0.000000403.